The van der Waals surface area contributed by atoms with Crippen LogP contribution >= 0.6 is 11.3 Å². The van der Waals surface area contributed by atoms with Crippen molar-refractivity contribution >= 4 is 11.3 Å². The van der Waals surface area contributed by atoms with E-state index in [0.29, 0.717) is 19.1 Å². The van der Waals surface area contributed by atoms with Gasteiger partial charge in [-0.3, -0.25) is 0 Å². The minimum Gasteiger partial charge on any atom is -0.493 e. The fourth-order valence-electron chi connectivity index (χ4n) is 2.16. The molecule has 21 heavy (non-hydrogen) atoms. The summed E-state index contributed by atoms with van der Waals surface area (Å²) < 4.78 is 10.9. The maximum Gasteiger partial charge on any atom is 0.161 e. The molecule has 0 saturated heterocycles. The topological polar surface area (TPSA) is 57.4 Å². The van der Waals surface area contributed by atoms with Gasteiger partial charge in [0.1, 0.15) is 5.01 Å². The van der Waals surface area contributed by atoms with Crippen molar-refractivity contribution < 1.29 is 9.47 Å². The molecule has 0 unspecified atom stereocenters. The van der Waals surface area contributed by atoms with Gasteiger partial charge in [-0.1, -0.05) is 13.8 Å². The summed E-state index contributed by atoms with van der Waals surface area (Å²) in [6, 6.07) is 5.90. The first-order valence-corrected chi connectivity index (χ1v) is 7.93. The molecule has 0 amide bonds. The quantitative estimate of drug-likeness (QED) is 0.882. The van der Waals surface area contributed by atoms with Crippen molar-refractivity contribution in [3.8, 4) is 22.1 Å². The molecule has 5 heteroatoms. The second-order valence-corrected chi connectivity index (χ2v) is 6.07. The molecule has 2 rings (SSSR count). The SMILES string of the molecule is CCOc1cc(-c2nc(C(C)C)c(CN)s2)ccc1OC. The Morgan fingerprint density at radius 2 is 2.05 bits per heavy atom. The smallest absolute Gasteiger partial charge is 0.161 e. The average Bonchev–Trinajstić information content (AvgIpc) is 2.92. The summed E-state index contributed by atoms with van der Waals surface area (Å²) in [5, 5.41) is 0.975. The zero-order valence-corrected chi connectivity index (χ0v) is 13.8. The van der Waals surface area contributed by atoms with E-state index in [4.69, 9.17) is 20.2 Å². The van der Waals surface area contributed by atoms with Crippen LogP contribution in [-0.2, 0) is 6.54 Å². The van der Waals surface area contributed by atoms with Crippen LogP contribution in [0.25, 0.3) is 10.6 Å². The minimum absolute atomic E-state index is 0.373. The molecule has 2 aromatic rings. The van der Waals surface area contributed by atoms with Gasteiger partial charge in [-0.2, -0.15) is 0 Å². The third-order valence-electron chi connectivity index (χ3n) is 3.17. The van der Waals surface area contributed by atoms with Crippen molar-refractivity contribution in [2.45, 2.75) is 33.2 Å². The van der Waals surface area contributed by atoms with Crippen LogP contribution in [0.5, 0.6) is 11.5 Å². The molecule has 0 saturated carbocycles. The third kappa shape index (κ3) is 3.36. The van der Waals surface area contributed by atoms with E-state index in [1.807, 2.05) is 25.1 Å². The number of hydrogen-bond donors (Lipinski definition) is 1. The predicted molar refractivity (Wildman–Crippen MR) is 87.3 cm³/mol. The van der Waals surface area contributed by atoms with E-state index in [1.165, 1.54) is 0 Å². The Morgan fingerprint density at radius 1 is 1.29 bits per heavy atom. The van der Waals surface area contributed by atoms with E-state index < -0.39 is 0 Å². The zero-order chi connectivity index (χ0) is 15.4. The summed E-state index contributed by atoms with van der Waals surface area (Å²) in [6.07, 6.45) is 0. The third-order valence-corrected chi connectivity index (χ3v) is 4.31. The van der Waals surface area contributed by atoms with Gasteiger partial charge in [-0.25, -0.2) is 4.98 Å². The monoisotopic (exact) mass is 306 g/mol. The van der Waals surface area contributed by atoms with Crippen LogP contribution in [-0.4, -0.2) is 18.7 Å². The lowest BCUT2D eigenvalue weighted by Gasteiger charge is -2.10. The molecule has 2 N–H and O–H groups in total. The van der Waals surface area contributed by atoms with E-state index in [0.717, 1.165) is 32.6 Å². The number of hydrogen-bond acceptors (Lipinski definition) is 5. The molecule has 1 aromatic heterocycles. The van der Waals surface area contributed by atoms with Crippen LogP contribution in [0.4, 0.5) is 0 Å². The second kappa shape index (κ2) is 6.91. The molecule has 0 atom stereocenters. The summed E-state index contributed by atoms with van der Waals surface area (Å²) in [6.45, 7) is 7.36. The van der Waals surface area contributed by atoms with Crippen molar-refractivity contribution in [1.29, 1.82) is 0 Å². The Kier molecular flexibility index (Phi) is 5.20. The van der Waals surface area contributed by atoms with Gasteiger partial charge in [0.2, 0.25) is 0 Å². The maximum absolute atomic E-state index is 5.83. The van der Waals surface area contributed by atoms with Crippen molar-refractivity contribution in [2.75, 3.05) is 13.7 Å². The molecular weight excluding hydrogens is 284 g/mol. The summed E-state index contributed by atoms with van der Waals surface area (Å²) in [5.74, 6) is 1.85. The van der Waals surface area contributed by atoms with Crippen molar-refractivity contribution in [3.05, 3.63) is 28.8 Å². The van der Waals surface area contributed by atoms with Gasteiger partial charge in [0.05, 0.1) is 19.4 Å². The van der Waals surface area contributed by atoms with Crippen LogP contribution in [0.3, 0.4) is 0 Å². The highest BCUT2D eigenvalue weighted by atomic mass is 32.1. The number of nitrogens with zero attached hydrogens (tertiary/aromatic N) is 1. The molecule has 4 nitrogen and oxygen atoms in total. The lowest BCUT2D eigenvalue weighted by Crippen LogP contribution is -1.99. The van der Waals surface area contributed by atoms with Crippen LogP contribution in [0, 0.1) is 0 Å². The summed E-state index contributed by atoms with van der Waals surface area (Å²) in [7, 11) is 1.64. The van der Waals surface area contributed by atoms with Crippen LogP contribution < -0.4 is 15.2 Å². The number of aromatic nitrogens is 1. The van der Waals surface area contributed by atoms with Gasteiger partial charge >= 0.3 is 0 Å². The first-order chi connectivity index (χ1) is 10.1. The molecular formula is C16H22N2O2S. The number of nitrogens with two attached hydrogens (primary N) is 1. The standard InChI is InChI=1S/C16H22N2O2S/c1-5-20-13-8-11(6-7-12(13)19-4)16-18-15(10(2)3)14(9-17)21-16/h6-8,10H,5,9,17H2,1-4H3. The van der Waals surface area contributed by atoms with Crippen LogP contribution in [0.1, 0.15) is 37.3 Å². The number of benzene rings is 1. The Bertz CT molecular complexity index is 608. The summed E-state index contributed by atoms with van der Waals surface area (Å²) >= 11 is 1.65. The van der Waals surface area contributed by atoms with Gasteiger partial charge < -0.3 is 15.2 Å². The Hall–Kier alpha value is -1.59. The molecule has 0 aliphatic rings. The molecule has 114 valence electrons. The van der Waals surface area contributed by atoms with Gasteiger partial charge in [-0.15, -0.1) is 11.3 Å². The van der Waals surface area contributed by atoms with Gasteiger partial charge in [-0.05, 0) is 31.0 Å². The number of ether oxygens (including phenoxy) is 2. The van der Waals surface area contributed by atoms with Crippen molar-refractivity contribution in [3.63, 3.8) is 0 Å². The highest BCUT2D eigenvalue weighted by Gasteiger charge is 2.15. The number of methoxy groups -OCH3 is 1. The molecule has 0 radical (unpaired) electrons. The Balaban J connectivity index is 2.44. The molecule has 0 bridgehead atoms. The molecule has 0 fully saturated rings. The van der Waals surface area contributed by atoms with Crippen LogP contribution in [0.2, 0.25) is 0 Å². The first kappa shape index (κ1) is 15.8. The summed E-state index contributed by atoms with van der Waals surface area (Å²) in [4.78, 5) is 5.90. The lowest BCUT2D eigenvalue weighted by molar-refractivity contribution is 0.311. The molecule has 0 spiro atoms. The van der Waals surface area contributed by atoms with E-state index in [2.05, 4.69) is 13.8 Å². The average molecular weight is 306 g/mol. The Labute approximate surface area is 129 Å². The van der Waals surface area contributed by atoms with Gasteiger partial charge in [0.15, 0.2) is 11.5 Å². The molecule has 0 aliphatic heterocycles. The minimum atomic E-state index is 0.373. The predicted octanol–water partition coefficient (Wildman–Crippen LogP) is 3.80. The van der Waals surface area contributed by atoms with Crippen molar-refractivity contribution in [2.24, 2.45) is 5.73 Å². The van der Waals surface area contributed by atoms with E-state index >= 15 is 0 Å². The summed E-state index contributed by atoms with van der Waals surface area (Å²) in [5.41, 5.74) is 7.95. The molecule has 0 aliphatic carbocycles. The lowest BCUT2D eigenvalue weighted by atomic mass is 10.1. The fraction of sp³-hybridized carbons (Fsp3) is 0.438. The Morgan fingerprint density at radius 3 is 2.57 bits per heavy atom. The number of rotatable bonds is 6. The van der Waals surface area contributed by atoms with E-state index in [1.54, 1.807) is 18.4 Å². The zero-order valence-electron chi connectivity index (χ0n) is 13.0. The van der Waals surface area contributed by atoms with E-state index in [-0.39, 0.29) is 0 Å². The molecule has 1 heterocycles. The number of thiazole rings is 1. The van der Waals surface area contributed by atoms with Crippen molar-refractivity contribution in [1.82, 2.24) is 4.98 Å². The molecule has 1 aromatic carbocycles. The largest absolute Gasteiger partial charge is 0.493 e. The van der Waals surface area contributed by atoms with Gasteiger partial charge in [0, 0.05) is 17.0 Å². The maximum atomic E-state index is 5.83. The highest BCUT2D eigenvalue weighted by molar-refractivity contribution is 7.15. The van der Waals surface area contributed by atoms with Crippen LogP contribution in [0.15, 0.2) is 18.2 Å². The highest BCUT2D eigenvalue weighted by Crippen LogP contribution is 2.36. The fourth-order valence-corrected chi connectivity index (χ4v) is 3.25. The second-order valence-electron chi connectivity index (χ2n) is 4.98. The first-order valence-electron chi connectivity index (χ1n) is 7.11. The van der Waals surface area contributed by atoms with E-state index in [9.17, 15) is 0 Å². The van der Waals surface area contributed by atoms with Gasteiger partial charge in [0.25, 0.3) is 0 Å². The normalized spacial score (nSPS) is 11.0.